The van der Waals surface area contributed by atoms with Crippen LogP contribution in [0, 0.1) is 0 Å². The first-order valence-electron chi connectivity index (χ1n) is 7.81. The standard InChI is InChI=1S/C20H16BrClN2O/c21-17-9-7-16(8-10-17)19(25)14-24(20-6-1-2-11-23-20)13-15-4-3-5-18(22)12-15/h1-12H,13-14H2. The predicted molar refractivity (Wildman–Crippen MR) is 105 cm³/mol. The fourth-order valence-corrected chi connectivity index (χ4v) is 2.99. The molecular formula is C20H16BrClN2O. The summed E-state index contributed by atoms with van der Waals surface area (Å²) < 4.78 is 0.949. The maximum Gasteiger partial charge on any atom is 0.182 e. The molecule has 0 aliphatic heterocycles. The Morgan fingerprint density at radius 2 is 1.84 bits per heavy atom. The first-order valence-corrected chi connectivity index (χ1v) is 8.98. The smallest absolute Gasteiger partial charge is 0.182 e. The van der Waals surface area contributed by atoms with Gasteiger partial charge in [0.2, 0.25) is 0 Å². The van der Waals surface area contributed by atoms with Crippen LogP contribution in [0.25, 0.3) is 0 Å². The van der Waals surface area contributed by atoms with E-state index >= 15 is 0 Å². The first kappa shape index (κ1) is 17.6. The summed E-state index contributed by atoms with van der Waals surface area (Å²) in [7, 11) is 0. The minimum absolute atomic E-state index is 0.0418. The van der Waals surface area contributed by atoms with Gasteiger partial charge in [0.25, 0.3) is 0 Å². The summed E-state index contributed by atoms with van der Waals surface area (Å²) in [5.41, 5.74) is 1.71. The highest BCUT2D eigenvalue weighted by Gasteiger charge is 2.15. The molecular weight excluding hydrogens is 400 g/mol. The zero-order valence-electron chi connectivity index (χ0n) is 13.4. The number of pyridine rings is 1. The van der Waals surface area contributed by atoms with Crippen molar-refractivity contribution in [3.63, 3.8) is 0 Å². The van der Waals surface area contributed by atoms with Gasteiger partial charge in [-0.1, -0.05) is 57.9 Å². The largest absolute Gasteiger partial charge is 0.345 e. The van der Waals surface area contributed by atoms with E-state index in [1.165, 1.54) is 0 Å². The molecule has 0 bridgehead atoms. The van der Waals surface area contributed by atoms with Crippen molar-refractivity contribution in [2.45, 2.75) is 6.54 Å². The summed E-state index contributed by atoms with van der Waals surface area (Å²) in [5.74, 6) is 0.799. The first-order chi connectivity index (χ1) is 12.1. The molecule has 1 aromatic heterocycles. The van der Waals surface area contributed by atoms with Gasteiger partial charge in [-0.3, -0.25) is 4.79 Å². The number of Topliss-reactive ketones (excluding diaryl/α,β-unsaturated/α-hetero) is 1. The molecule has 1 heterocycles. The van der Waals surface area contributed by atoms with Crippen molar-refractivity contribution in [2.24, 2.45) is 0 Å². The zero-order valence-corrected chi connectivity index (χ0v) is 15.7. The van der Waals surface area contributed by atoms with Crippen molar-refractivity contribution >= 4 is 39.1 Å². The molecule has 0 saturated heterocycles. The van der Waals surface area contributed by atoms with Gasteiger partial charge in [-0.2, -0.15) is 0 Å². The Morgan fingerprint density at radius 3 is 2.52 bits per heavy atom. The fraction of sp³-hybridized carbons (Fsp3) is 0.100. The van der Waals surface area contributed by atoms with Gasteiger partial charge in [-0.05, 0) is 42.0 Å². The molecule has 3 nitrogen and oxygen atoms in total. The van der Waals surface area contributed by atoms with E-state index in [2.05, 4.69) is 20.9 Å². The van der Waals surface area contributed by atoms with Crippen molar-refractivity contribution in [2.75, 3.05) is 11.4 Å². The molecule has 0 aliphatic carbocycles. The number of anilines is 1. The number of ketones is 1. The van der Waals surface area contributed by atoms with Crippen LogP contribution in [0.4, 0.5) is 5.82 Å². The number of benzene rings is 2. The Balaban J connectivity index is 1.83. The van der Waals surface area contributed by atoms with Crippen LogP contribution in [0.2, 0.25) is 5.02 Å². The zero-order chi connectivity index (χ0) is 17.6. The van der Waals surface area contributed by atoms with Gasteiger partial charge in [-0.15, -0.1) is 0 Å². The average molecular weight is 416 g/mol. The molecule has 0 unspecified atom stereocenters. The summed E-state index contributed by atoms with van der Waals surface area (Å²) in [6, 6.07) is 20.7. The molecule has 0 amide bonds. The minimum Gasteiger partial charge on any atom is -0.345 e. The summed E-state index contributed by atoms with van der Waals surface area (Å²) in [5, 5.41) is 0.678. The lowest BCUT2D eigenvalue weighted by Gasteiger charge is -2.23. The van der Waals surface area contributed by atoms with E-state index < -0.39 is 0 Å². The molecule has 3 aromatic rings. The SMILES string of the molecule is O=C(CN(Cc1cccc(Cl)c1)c1ccccn1)c1ccc(Br)cc1. The van der Waals surface area contributed by atoms with Crippen molar-refractivity contribution in [1.82, 2.24) is 4.98 Å². The molecule has 5 heteroatoms. The Kier molecular flexibility index (Phi) is 5.84. The van der Waals surface area contributed by atoms with Gasteiger partial charge in [-0.25, -0.2) is 4.98 Å². The number of hydrogen-bond donors (Lipinski definition) is 0. The van der Waals surface area contributed by atoms with Crippen LogP contribution in [0.1, 0.15) is 15.9 Å². The van der Waals surface area contributed by atoms with E-state index in [1.54, 1.807) is 6.20 Å². The van der Waals surface area contributed by atoms with Crippen molar-refractivity contribution in [3.05, 3.63) is 93.5 Å². The third-order valence-corrected chi connectivity index (χ3v) is 4.50. The molecule has 0 atom stereocenters. The molecule has 126 valence electrons. The molecule has 2 aromatic carbocycles. The second-order valence-corrected chi connectivity index (χ2v) is 6.96. The van der Waals surface area contributed by atoms with Crippen LogP contribution < -0.4 is 4.90 Å². The van der Waals surface area contributed by atoms with E-state index in [9.17, 15) is 4.79 Å². The van der Waals surface area contributed by atoms with Gasteiger partial charge in [0.05, 0.1) is 6.54 Å². The summed E-state index contributed by atoms with van der Waals surface area (Å²) in [4.78, 5) is 19.0. The van der Waals surface area contributed by atoms with Gasteiger partial charge in [0.1, 0.15) is 5.82 Å². The number of carbonyl (C=O) groups is 1. The van der Waals surface area contributed by atoms with Gasteiger partial charge >= 0.3 is 0 Å². The summed E-state index contributed by atoms with van der Waals surface area (Å²) in [6.07, 6.45) is 1.73. The van der Waals surface area contributed by atoms with Crippen LogP contribution in [0.3, 0.4) is 0 Å². The van der Waals surface area contributed by atoms with E-state index in [-0.39, 0.29) is 12.3 Å². The van der Waals surface area contributed by atoms with Crippen molar-refractivity contribution in [3.8, 4) is 0 Å². The van der Waals surface area contributed by atoms with Crippen molar-refractivity contribution < 1.29 is 4.79 Å². The Morgan fingerprint density at radius 1 is 1.04 bits per heavy atom. The lowest BCUT2D eigenvalue weighted by molar-refractivity contribution is 0.0998. The minimum atomic E-state index is 0.0418. The Bertz CT molecular complexity index is 853. The maximum absolute atomic E-state index is 12.7. The third kappa shape index (κ3) is 4.91. The normalized spacial score (nSPS) is 10.5. The number of rotatable bonds is 6. The van der Waals surface area contributed by atoms with E-state index in [0.717, 1.165) is 15.9 Å². The monoisotopic (exact) mass is 414 g/mol. The van der Waals surface area contributed by atoms with Gasteiger partial charge < -0.3 is 4.90 Å². The van der Waals surface area contributed by atoms with Gasteiger partial charge in [0.15, 0.2) is 5.78 Å². The highest BCUT2D eigenvalue weighted by molar-refractivity contribution is 9.10. The number of aromatic nitrogens is 1. The molecule has 0 fully saturated rings. The summed E-state index contributed by atoms with van der Waals surface area (Å²) >= 11 is 9.47. The summed E-state index contributed by atoms with van der Waals surface area (Å²) in [6.45, 7) is 0.797. The molecule has 0 saturated carbocycles. The van der Waals surface area contributed by atoms with E-state index in [4.69, 9.17) is 11.6 Å². The number of carbonyl (C=O) groups excluding carboxylic acids is 1. The van der Waals surface area contributed by atoms with E-state index in [0.29, 0.717) is 17.1 Å². The number of nitrogens with zero attached hydrogens (tertiary/aromatic N) is 2. The topological polar surface area (TPSA) is 33.2 Å². The fourth-order valence-electron chi connectivity index (χ4n) is 2.51. The Hall–Kier alpha value is -2.17. The van der Waals surface area contributed by atoms with Crippen LogP contribution >= 0.6 is 27.5 Å². The lowest BCUT2D eigenvalue weighted by atomic mass is 10.1. The molecule has 0 spiro atoms. The lowest BCUT2D eigenvalue weighted by Crippen LogP contribution is -2.30. The quantitative estimate of drug-likeness (QED) is 0.506. The van der Waals surface area contributed by atoms with Crippen LogP contribution in [-0.2, 0) is 6.54 Å². The molecule has 25 heavy (non-hydrogen) atoms. The van der Waals surface area contributed by atoms with Crippen molar-refractivity contribution in [1.29, 1.82) is 0 Å². The highest BCUT2D eigenvalue weighted by Crippen LogP contribution is 2.18. The molecule has 0 N–H and O–H groups in total. The Labute approximate surface area is 160 Å². The van der Waals surface area contributed by atoms with Crippen LogP contribution in [-0.4, -0.2) is 17.3 Å². The predicted octanol–water partition coefficient (Wildman–Crippen LogP) is 5.39. The number of halogens is 2. The molecule has 3 rings (SSSR count). The highest BCUT2D eigenvalue weighted by atomic mass is 79.9. The van der Waals surface area contributed by atoms with Crippen LogP contribution in [0.15, 0.2) is 77.4 Å². The molecule has 0 radical (unpaired) electrons. The second-order valence-electron chi connectivity index (χ2n) is 5.60. The maximum atomic E-state index is 12.7. The third-order valence-electron chi connectivity index (χ3n) is 3.74. The molecule has 0 aliphatic rings. The number of hydrogen-bond acceptors (Lipinski definition) is 3. The second kappa shape index (κ2) is 8.28. The van der Waals surface area contributed by atoms with Gasteiger partial charge in [0, 0.05) is 27.8 Å². The van der Waals surface area contributed by atoms with Crippen LogP contribution in [0.5, 0.6) is 0 Å². The average Bonchev–Trinajstić information content (AvgIpc) is 2.62. The van der Waals surface area contributed by atoms with E-state index in [1.807, 2.05) is 71.6 Å².